The topological polar surface area (TPSA) is 34.7 Å². The van der Waals surface area contributed by atoms with Crippen LogP contribution in [0.1, 0.15) is 6.92 Å². The predicted molar refractivity (Wildman–Crippen MR) is 373 cm³/mol. The Morgan fingerprint density at radius 3 is 1.45 bits per heavy atom. The molecule has 0 N–H and O–H groups in total. The number of hydrogen-bond acceptors (Lipinski definition) is 8. The number of nitrogens with zero attached hydrogens (tertiary/aromatic N) is 5. The maximum Gasteiger partial charge on any atom is 0.256 e. The molecule has 0 aromatic heterocycles. The van der Waals surface area contributed by atoms with Crippen LogP contribution in [0.15, 0.2) is 325 Å². The molecule has 0 bridgehead atoms. The molecule has 10 heteroatoms. The van der Waals surface area contributed by atoms with Gasteiger partial charge in [-0.1, -0.05) is 182 Å². The number of hydrogen-bond donors (Lipinski definition) is 0. The van der Waals surface area contributed by atoms with E-state index < -0.39 is 0 Å². The van der Waals surface area contributed by atoms with Crippen molar-refractivity contribution in [3.05, 3.63) is 316 Å². The SMILES string of the molecule is C=C/C=C\C=C(/C)N(c1ccccc1)c1cc2c3c(c1)N(c1ccccc1)c1cc4c(cc1B3c1cc3c(cc1O2)N(c1ccccc1)c1ccccc1S3)B1c2ccccc2Oc2cc(N(c3ccccc3)c3ccccc3)cc(c21)N4c1ccccc1. The smallest absolute Gasteiger partial charge is 0.256 e. The van der Waals surface area contributed by atoms with Crippen LogP contribution in [0.3, 0.4) is 0 Å². The molecule has 7 nitrogen and oxygen atoms in total. The number of benzene rings is 12. The first-order valence-corrected chi connectivity index (χ1v) is 31.1. The highest BCUT2D eigenvalue weighted by atomic mass is 32.2. The Morgan fingerprint density at radius 2 is 0.854 bits per heavy atom. The molecule has 89 heavy (non-hydrogen) atoms. The number of anilines is 14. The summed E-state index contributed by atoms with van der Waals surface area (Å²) in [6, 6.07) is 101. The van der Waals surface area contributed by atoms with Crippen molar-refractivity contribution in [2.24, 2.45) is 0 Å². The van der Waals surface area contributed by atoms with E-state index in [1.54, 1.807) is 0 Å². The van der Waals surface area contributed by atoms with Gasteiger partial charge in [-0.3, -0.25) is 0 Å². The van der Waals surface area contributed by atoms with Crippen molar-refractivity contribution in [3.8, 4) is 23.0 Å². The van der Waals surface area contributed by atoms with Gasteiger partial charge in [-0.05, 0) is 161 Å². The lowest BCUT2D eigenvalue weighted by Crippen LogP contribution is -2.63. The van der Waals surface area contributed by atoms with Gasteiger partial charge in [0.1, 0.15) is 23.0 Å². The summed E-state index contributed by atoms with van der Waals surface area (Å²) >= 11 is 1.83. The van der Waals surface area contributed by atoms with Gasteiger partial charge >= 0.3 is 0 Å². The van der Waals surface area contributed by atoms with Gasteiger partial charge in [0.15, 0.2) is 0 Å². The summed E-state index contributed by atoms with van der Waals surface area (Å²) in [5.41, 5.74) is 22.5. The van der Waals surface area contributed by atoms with Crippen molar-refractivity contribution in [2.75, 3.05) is 24.5 Å². The van der Waals surface area contributed by atoms with Gasteiger partial charge in [0, 0.05) is 90.6 Å². The molecule has 0 unspecified atom stereocenters. The number of allylic oxidation sites excluding steroid dienone is 5. The van der Waals surface area contributed by atoms with Crippen LogP contribution in [-0.2, 0) is 0 Å². The van der Waals surface area contributed by atoms with Gasteiger partial charge < -0.3 is 34.0 Å². The minimum Gasteiger partial charge on any atom is -0.458 e. The Balaban J connectivity index is 0.965. The zero-order valence-electron chi connectivity index (χ0n) is 48.7. The fourth-order valence-electron chi connectivity index (χ4n) is 14.1. The van der Waals surface area contributed by atoms with E-state index in [1.165, 1.54) is 15.8 Å². The summed E-state index contributed by atoms with van der Waals surface area (Å²) in [5, 5.41) is 0. The molecular formula is C79H55B2N5O2S. The summed E-state index contributed by atoms with van der Waals surface area (Å²) in [5.74, 6) is 3.29. The first-order chi connectivity index (χ1) is 44.0. The van der Waals surface area contributed by atoms with Gasteiger partial charge in [-0.15, -0.1) is 0 Å². The Labute approximate surface area is 523 Å². The lowest BCUT2D eigenvalue weighted by atomic mass is 9.31. The highest BCUT2D eigenvalue weighted by molar-refractivity contribution is 7.99. The summed E-state index contributed by atoms with van der Waals surface area (Å²) in [6.45, 7) is 5.69. The fourth-order valence-corrected chi connectivity index (χ4v) is 15.1. The van der Waals surface area contributed by atoms with Gasteiger partial charge in [0.05, 0.1) is 22.7 Å². The van der Waals surface area contributed by atoms with Crippen molar-refractivity contribution in [2.45, 2.75) is 16.7 Å². The lowest BCUT2D eigenvalue weighted by Gasteiger charge is -2.45. The van der Waals surface area contributed by atoms with Crippen LogP contribution in [0, 0.1) is 0 Å². The summed E-state index contributed by atoms with van der Waals surface area (Å²) in [4.78, 5) is 14.4. The molecule has 0 spiro atoms. The molecule has 12 aromatic rings. The molecule has 0 radical (unpaired) electrons. The largest absolute Gasteiger partial charge is 0.458 e. The maximum absolute atomic E-state index is 7.64. The van der Waals surface area contributed by atoms with E-state index in [0.29, 0.717) is 0 Å². The van der Waals surface area contributed by atoms with Crippen molar-refractivity contribution >= 4 is 138 Å². The Morgan fingerprint density at radius 1 is 0.371 bits per heavy atom. The second kappa shape index (κ2) is 21.4. The van der Waals surface area contributed by atoms with Crippen molar-refractivity contribution < 1.29 is 9.47 Å². The molecule has 0 saturated carbocycles. The van der Waals surface area contributed by atoms with Crippen LogP contribution in [0.5, 0.6) is 23.0 Å². The average Bonchev–Trinajstić information content (AvgIpc) is 0.739. The molecule has 0 saturated heterocycles. The van der Waals surface area contributed by atoms with E-state index in [2.05, 4.69) is 329 Å². The molecule has 0 atom stereocenters. The van der Waals surface area contributed by atoms with E-state index in [9.17, 15) is 0 Å². The van der Waals surface area contributed by atoms with Crippen molar-refractivity contribution in [1.29, 1.82) is 0 Å². The third-order valence-electron chi connectivity index (χ3n) is 17.7. The minimum atomic E-state index is -0.266. The minimum absolute atomic E-state index is 0.201. The van der Waals surface area contributed by atoms with E-state index >= 15 is 0 Å². The standard InChI is InChI=1S/C79H55B2N5O2S/c1-3-4-11-28-53(2)82(54-29-12-5-13-30-54)60-45-70-79-75(47-60)88-73-52-69-77(89-76-44-27-25-42-66(76)84(69)57-35-18-8-19-36-57)50-65(73)81(79)64-49-63-67(51-68(64)86(70)59-39-22-10-23-40-59)85(58-37-20-9-21-38-58)71-46-61(48-74-78(71)80(63)62-41-24-26-43-72(62)87-74)83(55-31-14-6-15-32-55)56-33-16-7-17-34-56/h3-52H,1H2,2H3/b11-4-,53-28+. The van der Waals surface area contributed by atoms with Crippen molar-refractivity contribution in [3.63, 3.8) is 0 Å². The van der Waals surface area contributed by atoms with Gasteiger partial charge in [0.25, 0.3) is 13.4 Å². The van der Waals surface area contributed by atoms with Crippen LogP contribution in [0.25, 0.3) is 0 Å². The Bertz CT molecular complexity index is 4800. The third kappa shape index (κ3) is 8.62. The van der Waals surface area contributed by atoms with Gasteiger partial charge in [-0.2, -0.15) is 0 Å². The highest BCUT2D eigenvalue weighted by Crippen LogP contribution is 2.55. The van der Waals surface area contributed by atoms with Crippen LogP contribution in [0.2, 0.25) is 0 Å². The molecule has 0 aliphatic carbocycles. The van der Waals surface area contributed by atoms with Crippen LogP contribution >= 0.6 is 11.8 Å². The molecule has 5 aliphatic rings. The average molecular weight is 1160 g/mol. The monoisotopic (exact) mass is 1160 g/mol. The quantitative estimate of drug-likeness (QED) is 0.0936. The molecule has 0 fully saturated rings. The van der Waals surface area contributed by atoms with E-state index in [0.717, 1.165) is 135 Å². The number of para-hydroxylation sites is 8. The zero-order valence-corrected chi connectivity index (χ0v) is 49.5. The summed E-state index contributed by atoms with van der Waals surface area (Å²) in [6.07, 6.45) is 7.99. The van der Waals surface area contributed by atoms with Crippen LogP contribution < -0.4 is 66.8 Å². The third-order valence-corrected chi connectivity index (χ3v) is 18.8. The van der Waals surface area contributed by atoms with Gasteiger partial charge in [-0.25, -0.2) is 0 Å². The summed E-state index contributed by atoms with van der Waals surface area (Å²) in [7, 11) is 0. The Kier molecular flexibility index (Phi) is 12.6. The fraction of sp³-hybridized carbons (Fsp3) is 0.0127. The first kappa shape index (κ1) is 52.3. The Hall–Kier alpha value is -11.1. The summed E-state index contributed by atoms with van der Waals surface area (Å²) < 4.78 is 14.9. The molecule has 5 heterocycles. The van der Waals surface area contributed by atoms with Crippen molar-refractivity contribution in [1.82, 2.24) is 0 Å². The van der Waals surface area contributed by atoms with E-state index in [1.807, 2.05) is 23.9 Å². The molecule has 420 valence electrons. The number of rotatable bonds is 11. The molecular weight excluding hydrogens is 1100 g/mol. The normalized spacial score (nSPS) is 13.5. The van der Waals surface area contributed by atoms with E-state index in [-0.39, 0.29) is 13.4 Å². The maximum atomic E-state index is 7.64. The van der Waals surface area contributed by atoms with Crippen LogP contribution in [0.4, 0.5) is 79.6 Å². The second-order valence-electron chi connectivity index (χ2n) is 22.9. The molecule has 0 amide bonds. The lowest BCUT2D eigenvalue weighted by molar-refractivity contribution is 0.487. The van der Waals surface area contributed by atoms with Gasteiger partial charge in [0.2, 0.25) is 0 Å². The highest BCUT2D eigenvalue weighted by Gasteiger charge is 2.48. The zero-order chi connectivity index (χ0) is 59.1. The van der Waals surface area contributed by atoms with E-state index in [4.69, 9.17) is 9.47 Å². The molecule has 5 aliphatic heterocycles. The first-order valence-electron chi connectivity index (χ1n) is 30.2. The second-order valence-corrected chi connectivity index (χ2v) is 24.0. The van der Waals surface area contributed by atoms with Crippen LogP contribution in [-0.4, -0.2) is 13.4 Å². The molecule has 17 rings (SSSR count). The number of ether oxygens (including phenoxy) is 2. The number of fused-ring (bicyclic) bond motifs is 10. The molecule has 12 aromatic carbocycles. The predicted octanol–water partition coefficient (Wildman–Crippen LogP) is 17.7.